The second-order valence-corrected chi connectivity index (χ2v) is 8.48. The van der Waals surface area contributed by atoms with Gasteiger partial charge < -0.3 is 15.0 Å². The topological polar surface area (TPSA) is 66.5 Å². The molecule has 1 saturated carbocycles. The van der Waals surface area contributed by atoms with Crippen molar-refractivity contribution in [1.29, 1.82) is 0 Å². The van der Waals surface area contributed by atoms with Crippen LogP contribution in [0.4, 0.5) is 10.1 Å². The third-order valence-electron chi connectivity index (χ3n) is 5.34. The highest BCUT2D eigenvalue weighted by atomic mass is 32.2. The van der Waals surface area contributed by atoms with E-state index in [1.54, 1.807) is 23.9 Å². The largest absolute Gasteiger partial charge is 0.466 e. The summed E-state index contributed by atoms with van der Waals surface area (Å²) in [5, 5.41) is 5.30. The second-order valence-electron chi connectivity index (χ2n) is 7.47. The predicted octanol–water partition coefficient (Wildman–Crippen LogP) is 4.87. The molecule has 0 radical (unpaired) electrons. The number of nitrogens with one attached hydrogen (secondary N) is 2. The lowest BCUT2D eigenvalue weighted by Crippen LogP contribution is -2.14. The maximum atomic E-state index is 14.1. The number of aromatic amines is 1. The number of esters is 1. The molecular weight excluding hydrogens is 377 g/mol. The number of H-pyrrole nitrogens is 1. The minimum absolute atomic E-state index is 0.114. The molecule has 0 saturated heterocycles. The predicted molar refractivity (Wildman–Crippen MR) is 113 cm³/mol. The smallest absolute Gasteiger partial charge is 0.305 e. The van der Waals surface area contributed by atoms with E-state index in [2.05, 4.69) is 10.3 Å². The summed E-state index contributed by atoms with van der Waals surface area (Å²) in [6.07, 6.45) is 5.81. The molecule has 2 heterocycles. The quantitative estimate of drug-likeness (QED) is 0.648. The Labute approximate surface area is 168 Å². The third-order valence-corrected chi connectivity index (χ3v) is 6.49. The first-order valence-corrected chi connectivity index (χ1v) is 11.1. The number of thioether (sulfide) groups is 1. The highest BCUT2D eigenvalue weighted by Gasteiger charge is 2.23. The molecule has 2 N–H and O–H groups in total. The lowest BCUT2D eigenvalue weighted by molar-refractivity contribution is -0.143. The SMILES string of the molecule is CCOC(=O)CCC1CSC(c2cc3cc(F)cc(NC4CCCC4)c3[nH]2)=N1. The van der Waals surface area contributed by atoms with Gasteiger partial charge in [-0.1, -0.05) is 12.8 Å². The lowest BCUT2D eigenvalue weighted by Gasteiger charge is -2.14. The average Bonchev–Trinajstić information content (AvgIpc) is 3.40. The molecule has 150 valence electrons. The Balaban J connectivity index is 1.51. The number of carbonyl (C=O) groups excluding carboxylic acids is 1. The van der Waals surface area contributed by atoms with Crippen molar-refractivity contribution in [2.75, 3.05) is 17.7 Å². The Morgan fingerprint density at radius 1 is 1.36 bits per heavy atom. The number of hydrogen-bond acceptors (Lipinski definition) is 5. The summed E-state index contributed by atoms with van der Waals surface area (Å²) in [6.45, 7) is 2.23. The number of benzene rings is 1. The van der Waals surface area contributed by atoms with Crippen LogP contribution in [-0.4, -0.2) is 40.4 Å². The molecule has 7 heteroatoms. The van der Waals surface area contributed by atoms with Gasteiger partial charge in [-0.05, 0) is 44.4 Å². The molecule has 1 fully saturated rings. The molecule has 0 spiro atoms. The standard InChI is InChI=1S/C21H26FN3O2S/c1-2-27-19(26)8-7-16-12-28-21(24-16)18-10-13-9-14(22)11-17(20(13)25-18)23-15-5-3-4-6-15/h9-11,15-16,23,25H,2-8,12H2,1H3. The van der Waals surface area contributed by atoms with Gasteiger partial charge in [0.1, 0.15) is 10.9 Å². The zero-order chi connectivity index (χ0) is 19.5. The molecule has 1 unspecified atom stereocenters. The molecule has 1 aromatic heterocycles. The highest BCUT2D eigenvalue weighted by Crippen LogP contribution is 2.32. The normalized spacial score (nSPS) is 19.9. The third kappa shape index (κ3) is 4.35. The van der Waals surface area contributed by atoms with Crippen molar-refractivity contribution in [2.45, 2.75) is 57.5 Å². The van der Waals surface area contributed by atoms with E-state index in [1.807, 2.05) is 13.0 Å². The molecule has 2 aromatic rings. The molecule has 0 amide bonds. The van der Waals surface area contributed by atoms with Crippen LogP contribution in [0.1, 0.15) is 51.1 Å². The van der Waals surface area contributed by atoms with Gasteiger partial charge in [-0.2, -0.15) is 0 Å². The Morgan fingerprint density at radius 3 is 2.96 bits per heavy atom. The molecule has 1 aliphatic carbocycles. The molecule has 28 heavy (non-hydrogen) atoms. The minimum Gasteiger partial charge on any atom is -0.466 e. The van der Waals surface area contributed by atoms with Crippen molar-refractivity contribution < 1.29 is 13.9 Å². The first-order chi connectivity index (χ1) is 13.6. The van der Waals surface area contributed by atoms with Crippen molar-refractivity contribution in [3.8, 4) is 0 Å². The number of halogens is 1. The molecule has 2 aliphatic rings. The molecule has 4 rings (SSSR count). The first-order valence-electron chi connectivity index (χ1n) is 10.1. The number of fused-ring (bicyclic) bond motifs is 1. The molecule has 0 bridgehead atoms. The first kappa shape index (κ1) is 19.3. The van der Waals surface area contributed by atoms with Crippen LogP contribution in [0.25, 0.3) is 10.9 Å². The fourth-order valence-electron chi connectivity index (χ4n) is 3.95. The van der Waals surface area contributed by atoms with Gasteiger partial charge in [-0.15, -0.1) is 11.8 Å². The summed E-state index contributed by atoms with van der Waals surface area (Å²) in [7, 11) is 0. The van der Waals surface area contributed by atoms with Crippen LogP contribution in [0.3, 0.4) is 0 Å². The van der Waals surface area contributed by atoms with Crippen LogP contribution < -0.4 is 5.32 Å². The maximum Gasteiger partial charge on any atom is 0.305 e. The number of ether oxygens (including phenoxy) is 1. The number of rotatable bonds is 7. The van der Waals surface area contributed by atoms with E-state index in [0.29, 0.717) is 25.5 Å². The minimum atomic E-state index is -0.230. The van der Waals surface area contributed by atoms with Gasteiger partial charge in [0, 0.05) is 23.6 Å². The summed E-state index contributed by atoms with van der Waals surface area (Å²) < 4.78 is 19.1. The van der Waals surface area contributed by atoms with Gasteiger partial charge in [0.05, 0.1) is 29.5 Å². The molecule has 1 aromatic carbocycles. The Hall–Kier alpha value is -2.02. The molecule has 1 atom stereocenters. The summed E-state index contributed by atoms with van der Waals surface area (Å²) in [4.78, 5) is 19.8. The van der Waals surface area contributed by atoms with Gasteiger partial charge in [-0.3, -0.25) is 9.79 Å². The number of aliphatic imine (C=N–C) groups is 1. The Morgan fingerprint density at radius 2 is 2.18 bits per heavy atom. The number of carbonyl (C=O) groups is 1. The van der Waals surface area contributed by atoms with Crippen molar-refractivity contribution in [1.82, 2.24) is 4.98 Å². The summed E-state index contributed by atoms with van der Waals surface area (Å²) >= 11 is 1.68. The van der Waals surface area contributed by atoms with Crippen LogP contribution in [-0.2, 0) is 9.53 Å². The summed E-state index contributed by atoms with van der Waals surface area (Å²) in [5.74, 6) is 0.456. The van der Waals surface area contributed by atoms with Crippen LogP contribution in [0, 0.1) is 5.82 Å². The van der Waals surface area contributed by atoms with Crippen molar-refractivity contribution >= 4 is 39.4 Å². The van der Waals surface area contributed by atoms with Crippen molar-refractivity contribution in [2.24, 2.45) is 4.99 Å². The average molecular weight is 404 g/mol. The van der Waals surface area contributed by atoms with E-state index in [9.17, 15) is 9.18 Å². The van der Waals surface area contributed by atoms with Gasteiger partial charge in [0.15, 0.2) is 0 Å². The van der Waals surface area contributed by atoms with Gasteiger partial charge >= 0.3 is 5.97 Å². The highest BCUT2D eigenvalue weighted by molar-refractivity contribution is 8.14. The van der Waals surface area contributed by atoms with Crippen LogP contribution in [0.15, 0.2) is 23.2 Å². The van der Waals surface area contributed by atoms with Crippen molar-refractivity contribution in [3.05, 3.63) is 29.7 Å². The monoisotopic (exact) mass is 403 g/mol. The fourth-order valence-corrected chi connectivity index (χ4v) is 5.04. The van der Waals surface area contributed by atoms with Gasteiger partial charge in [0.25, 0.3) is 0 Å². The zero-order valence-corrected chi connectivity index (χ0v) is 16.9. The van der Waals surface area contributed by atoms with Crippen LogP contribution in [0.5, 0.6) is 0 Å². The van der Waals surface area contributed by atoms with Gasteiger partial charge in [0.2, 0.25) is 0 Å². The number of anilines is 1. The van der Waals surface area contributed by atoms with E-state index in [1.165, 1.54) is 12.8 Å². The zero-order valence-electron chi connectivity index (χ0n) is 16.1. The summed E-state index contributed by atoms with van der Waals surface area (Å²) in [6, 6.07) is 5.64. The van der Waals surface area contributed by atoms with E-state index < -0.39 is 0 Å². The molecular formula is C21H26FN3O2S. The van der Waals surface area contributed by atoms with Crippen LogP contribution in [0.2, 0.25) is 0 Å². The number of nitrogens with zero attached hydrogens (tertiary/aromatic N) is 1. The fraction of sp³-hybridized carbons (Fsp3) is 0.524. The van der Waals surface area contributed by atoms with E-state index in [-0.39, 0.29) is 17.8 Å². The van der Waals surface area contributed by atoms with Gasteiger partial charge in [-0.25, -0.2) is 4.39 Å². The number of hydrogen-bond donors (Lipinski definition) is 2. The van der Waals surface area contributed by atoms with Crippen molar-refractivity contribution in [3.63, 3.8) is 0 Å². The van der Waals surface area contributed by atoms with E-state index in [4.69, 9.17) is 9.73 Å². The molecule has 5 nitrogen and oxygen atoms in total. The lowest BCUT2D eigenvalue weighted by atomic mass is 10.2. The Kier molecular flexibility index (Phi) is 5.90. The maximum absolute atomic E-state index is 14.1. The second kappa shape index (κ2) is 8.55. The van der Waals surface area contributed by atoms with E-state index in [0.717, 1.165) is 45.9 Å². The molecule has 1 aliphatic heterocycles. The van der Waals surface area contributed by atoms with E-state index >= 15 is 0 Å². The Bertz CT molecular complexity index is 889. The van der Waals surface area contributed by atoms with Crippen LogP contribution >= 0.6 is 11.8 Å². The summed E-state index contributed by atoms with van der Waals surface area (Å²) in [5.41, 5.74) is 2.68. The number of aromatic nitrogens is 1.